The summed E-state index contributed by atoms with van der Waals surface area (Å²) in [7, 11) is -3.41. The Bertz CT molecular complexity index is 1250. The van der Waals surface area contributed by atoms with E-state index in [0.717, 1.165) is 0 Å². The van der Waals surface area contributed by atoms with Crippen LogP contribution in [0.4, 0.5) is 5.69 Å². The molecular formula is C21H21Cl2N3O3S. The van der Waals surface area contributed by atoms with E-state index in [4.69, 9.17) is 23.2 Å². The molecule has 0 amide bonds. The molecule has 0 aliphatic rings. The minimum absolute atomic E-state index is 0.00520. The second-order valence-corrected chi connectivity index (χ2v) is 9.86. The van der Waals surface area contributed by atoms with Gasteiger partial charge >= 0.3 is 0 Å². The van der Waals surface area contributed by atoms with Gasteiger partial charge in [-0.1, -0.05) is 49.2 Å². The highest BCUT2D eigenvalue weighted by molar-refractivity contribution is 7.92. The molecule has 30 heavy (non-hydrogen) atoms. The zero-order valence-corrected chi connectivity index (χ0v) is 19.0. The van der Waals surface area contributed by atoms with Gasteiger partial charge < -0.3 is 0 Å². The predicted molar refractivity (Wildman–Crippen MR) is 122 cm³/mol. The Morgan fingerprint density at radius 1 is 1.07 bits per heavy atom. The van der Waals surface area contributed by atoms with Crippen molar-refractivity contribution in [3.63, 3.8) is 0 Å². The topological polar surface area (TPSA) is 81.1 Å². The molecule has 1 aromatic heterocycles. The van der Waals surface area contributed by atoms with Crippen LogP contribution in [-0.2, 0) is 10.0 Å². The summed E-state index contributed by atoms with van der Waals surface area (Å²) in [6.45, 7) is 5.51. The molecule has 0 bridgehead atoms. The molecule has 1 N–H and O–H groups in total. The van der Waals surface area contributed by atoms with Crippen molar-refractivity contribution in [2.75, 3.05) is 10.5 Å². The molecule has 0 aliphatic carbocycles. The molecule has 0 saturated carbocycles. The quantitative estimate of drug-likeness (QED) is 0.549. The van der Waals surface area contributed by atoms with Crippen LogP contribution in [0.15, 0.2) is 53.3 Å². The largest absolute Gasteiger partial charge is 0.284 e. The van der Waals surface area contributed by atoms with Gasteiger partial charge in [-0.2, -0.15) is 9.78 Å². The lowest BCUT2D eigenvalue weighted by molar-refractivity contribution is 0.602. The third-order valence-electron chi connectivity index (χ3n) is 4.48. The second kappa shape index (κ2) is 8.79. The smallest absolute Gasteiger partial charge is 0.272 e. The van der Waals surface area contributed by atoms with E-state index >= 15 is 0 Å². The lowest BCUT2D eigenvalue weighted by Crippen LogP contribution is -2.23. The zero-order valence-electron chi connectivity index (χ0n) is 16.7. The molecule has 0 spiro atoms. The Morgan fingerprint density at radius 3 is 2.43 bits per heavy atom. The molecule has 0 aliphatic heterocycles. The highest BCUT2D eigenvalue weighted by Crippen LogP contribution is 2.29. The number of hydrogen-bond donors (Lipinski definition) is 1. The summed E-state index contributed by atoms with van der Waals surface area (Å²) in [5.41, 5.74) is 2.62. The van der Waals surface area contributed by atoms with Gasteiger partial charge in [-0.15, -0.1) is 0 Å². The summed E-state index contributed by atoms with van der Waals surface area (Å²) in [6.07, 6.45) is 0. The third-order valence-corrected chi connectivity index (χ3v) is 6.53. The van der Waals surface area contributed by atoms with Crippen molar-refractivity contribution < 1.29 is 8.42 Å². The van der Waals surface area contributed by atoms with Gasteiger partial charge in [0.05, 0.1) is 27.2 Å². The summed E-state index contributed by atoms with van der Waals surface area (Å²) in [5.74, 6) is -0.0268. The van der Waals surface area contributed by atoms with Crippen LogP contribution in [0.5, 0.6) is 0 Å². The third kappa shape index (κ3) is 4.86. The monoisotopic (exact) mass is 465 g/mol. The van der Waals surface area contributed by atoms with Gasteiger partial charge in [0.15, 0.2) is 0 Å². The lowest BCUT2D eigenvalue weighted by atomic mass is 9.98. The Morgan fingerprint density at radius 2 is 1.80 bits per heavy atom. The second-order valence-electron chi connectivity index (χ2n) is 7.03. The average Bonchev–Trinajstić information content (AvgIpc) is 2.69. The van der Waals surface area contributed by atoms with Gasteiger partial charge in [-0.05, 0) is 48.7 Å². The van der Waals surface area contributed by atoms with Gasteiger partial charge in [-0.25, -0.2) is 8.42 Å². The van der Waals surface area contributed by atoms with E-state index < -0.39 is 10.0 Å². The van der Waals surface area contributed by atoms with Gasteiger partial charge in [0.25, 0.3) is 5.56 Å². The summed E-state index contributed by atoms with van der Waals surface area (Å²) < 4.78 is 27.6. The molecule has 6 nitrogen and oxygen atoms in total. The first-order valence-corrected chi connectivity index (χ1v) is 11.7. The van der Waals surface area contributed by atoms with Gasteiger partial charge in [0.2, 0.25) is 10.0 Å². The molecule has 3 aromatic rings. The number of rotatable bonds is 6. The van der Waals surface area contributed by atoms with Crippen LogP contribution in [0.1, 0.15) is 32.4 Å². The van der Waals surface area contributed by atoms with Crippen LogP contribution in [0.25, 0.3) is 16.8 Å². The maximum atomic E-state index is 12.9. The van der Waals surface area contributed by atoms with Crippen molar-refractivity contribution in [3.8, 4) is 16.8 Å². The Labute approximate surface area is 185 Å². The molecule has 158 valence electrons. The van der Waals surface area contributed by atoms with Crippen LogP contribution in [0.3, 0.4) is 0 Å². The number of nitrogens with one attached hydrogen (secondary N) is 1. The van der Waals surface area contributed by atoms with E-state index in [2.05, 4.69) is 9.82 Å². The number of benzene rings is 2. The maximum Gasteiger partial charge on any atom is 0.272 e. The summed E-state index contributed by atoms with van der Waals surface area (Å²) in [5, 5.41) is 5.29. The molecule has 1 heterocycles. The lowest BCUT2D eigenvalue weighted by Gasteiger charge is -2.16. The number of sulfonamides is 1. The van der Waals surface area contributed by atoms with Crippen LogP contribution in [-0.4, -0.2) is 24.0 Å². The molecule has 2 aromatic carbocycles. The minimum Gasteiger partial charge on any atom is -0.284 e. The fourth-order valence-electron chi connectivity index (χ4n) is 2.93. The Hall–Kier alpha value is -2.35. The number of halogens is 2. The van der Waals surface area contributed by atoms with E-state index in [0.29, 0.717) is 38.2 Å². The molecular weight excluding hydrogens is 445 g/mol. The molecule has 0 unspecified atom stereocenters. The maximum absolute atomic E-state index is 12.9. The van der Waals surface area contributed by atoms with Crippen molar-refractivity contribution in [1.29, 1.82) is 0 Å². The first kappa shape index (κ1) is 22.3. The normalized spacial score (nSPS) is 11.7. The first-order valence-electron chi connectivity index (χ1n) is 9.32. The molecule has 3 rings (SSSR count). The Balaban J connectivity index is 2.14. The van der Waals surface area contributed by atoms with E-state index in [1.807, 2.05) is 19.9 Å². The van der Waals surface area contributed by atoms with Crippen LogP contribution >= 0.6 is 23.2 Å². The van der Waals surface area contributed by atoms with Crippen molar-refractivity contribution in [1.82, 2.24) is 9.78 Å². The molecule has 0 saturated heterocycles. The fourth-order valence-corrected chi connectivity index (χ4v) is 3.85. The minimum atomic E-state index is -3.41. The highest BCUT2D eigenvalue weighted by Gasteiger charge is 2.16. The van der Waals surface area contributed by atoms with Gasteiger partial charge in [0, 0.05) is 17.3 Å². The summed E-state index contributed by atoms with van der Waals surface area (Å²) in [6, 6.07) is 13.3. The zero-order chi connectivity index (χ0) is 22.1. The van der Waals surface area contributed by atoms with Gasteiger partial charge in [0.1, 0.15) is 0 Å². The Kier molecular flexibility index (Phi) is 6.55. The van der Waals surface area contributed by atoms with E-state index in [-0.39, 0.29) is 17.2 Å². The van der Waals surface area contributed by atoms with Crippen molar-refractivity contribution in [2.45, 2.75) is 26.7 Å². The van der Waals surface area contributed by atoms with E-state index in [1.54, 1.807) is 43.3 Å². The molecule has 0 radical (unpaired) electrons. The van der Waals surface area contributed by atoms with Crippen LogP contribution in [0, 0.1) is 0 Å². The molecule has 0 atom stereocenters. The van der Waals surface area contributed by atoms with Crippen molar-refractivity contribution >= 4 is 38.9 Å². The molecule has 9 heteroatoms. The number of nitrogens with zero attached hydrogens (tertiary/aromatic N) is 2. The predicted octanol–water partition coefficient (Wildman–Crippen LogP) is 5.09. The van der Waals surface area contributed by atoms with Crippen molar-refractivity contribution in [3.05, 3.63) is 74.6 Å². The summed E-state index contributed by atoms with van der Waals surface area (Å²) in [4.78, 5) is 12.9. The number of aromatic nitrogens is 2. The van der Waals surface area contributed by atoms with Crippen LogP contribution < -0.4 is 10.3 Å². The van der Waals surface area contributed by atoms with Crippen molar-refractivity contribution in [2.24, 2.45) is 0 Å². The SMILES string of the molecule is CCS(=O)(=O)Nc1cccc(-c2cc(=O)n(-c3ccc(Cl)c(Cl)c3)nc2C(C)C)c1. The molecule has 0 fully saturated rings. The number of hydrogen-bond acceptors (Lipinski definition) is 4. The summed E-state index contributed by atoms with van der Waals surface area (Å²) >= 11 is 12.1. The average molecular weight is 466 g/mol. The van der Waals surface area contributed by atoms with Crippen LogP contribution in [0.2, 0.25) is 10.0 Å². The number of anilines is 1. The fraction of sp³-hybridized carbons (Fsp3) is 0.238. The standard InChI is InChI=1S/C21H21Cl2N3O3S/c1-4-30(28,29)25-15-7-5-6-14(10-15)17-12-20(27)26(24-21(17)13(2)3)16-8-9-18(22)19(23)11-16/h5-13,25H,4H2,1-3H3. The highest BCUT2D eigenvalue weighted by atomic mass is 35.5. The van der Waals surface area contributed by atoms with E-state index in [1.165, 1.54) is 10.7 Å². The first-order chi connectivity index (χ1) is 14.1. The van der Waals surface area contributed by atoms with E-state index in [9.17, 15) is 13.2 Å². The van der Waals surface area contributed by atoms with Gasteiger partial charge in [-0.3, -0.25) is 9.52 Å².